The number of carbonyl (C=O) groups is 3. The van der Waals surface area contributed by atoms with Gasteiger partial charge in [0.1, 0.15) is 23.9 Å². The van der Waals surface area contributed by atoms with Gasteiger partial charge in [0.15, 0.2) is 0 Å². The van der Waals surface area contributed by atoms with Crippen LogP contribution in [0.15, 0.2) is 12.2 Å². The van der Waals surface area contributed by atoms with Crippen molar-refractivity contribution in [2.75, 3.05) is 0 Å². The molecule has 4 aliphatic carbocycles. The fourth-order valence-electron chi connectivity index (χ4n) is 4.95. The van der Waals surface area contributed by atoms with Gasteiger partial charge in [0.2, 0.25) is 0 Å². The minimum Gasteiger partial charge on any atom is -0.455 e. The van der Waals surface area contributed by atoms with Crippen LogP contribution in [0.1, 0.15) is 52.4 Å². The van der Waals surface area contributed by atoms with E-state index in [-0.39, 0.29) is 18.1 Å². The summed E-state index contributed by atoms with van der Waals surface area (Å²) in [7, 11) is 0. The quantitative estimate of drug-likeness (QED) is 0.442. The highest BCUT2D eigenvalue weighted by Gasteiger charge is 2.61. The van der Waals surface area contributed by atoms with E-state index >= 15 is 0 Å². The second-order valence-electron chi connectivity index (χ2n) is 7.63. The largest absolute Gasteiger partial charge is 0.455 e. The van der Waals surface area contributed by atoms with Gasteiger partial charge in [0.25, 0.3) is 0 Å². The first kappa shape index (κ1) is 16.2. The zero-order chi connectivity index (χ0) is 16.8. The van der Waals surface area contributed by atoms with E-state index in [1.165, 1.54) is 13.3 Å². The molecule has 4 fully saturated rings. The van der Waals surface area contributed by atoms with Gasteiger partial charge >= 0.3 is 11.9 Å². The van der Waals surface area contributed by atoms with Crippen LogP contribution < -0.4 is 0 Å². The van der Waals surface area contributed by atoms with Crippen LogP contribution in [0, 0.1) is 17.8 Å². The summed E-state index contributed by atoms with van der Waals surface area (Å²) in [6, 6.07) is 0. The Labute approximate surface area is 136 Å². The molecule has 0 N–H and O–H groups in total. The molecule has 0 spiro atoms. The maximum absolute atomic E-state index is 12.1. The van der Waals surface area contributed by atoms with Crippen molar-refractivity contribution in [1.29, 1.82) is 0 Å². The average molecular weight is 320 g/mol. The topological polar surface area (TPSA) is 69.7 Å². The van der Waals surface area contributed by atoms with Gasteiger partial charge in [0.05, 0.1) is 0 Å². The molecule has 0 saturated heterocycles. The lowest BCUT2D eigenvalue weighted by Gasteiger charge is -2.59. The fraction of sp³-hybridized carbons (Fsp3) is 0.722. The number of hydrogen-bond acceptors (Lipinski definition) is 5. The highest BCUT2D eigenvalue weighted by atomic mass is 16.6. The predicted molar refractivity (Wildman–Crippen MR) is 82.4 cm³/mol. The third-order valence-electron chi connectivity index (χ3n) is 5.45. The van der Waals surface area contributed by atoms with Crippen molar-refractivity contribution in [1.82, 2.24) is 0 Å². The zero-order valence-electron chi connectivity index (χ0n) is 13.8. The molecule has 3 unspecified atom stereocenters. The van der Waals surface area contributed by atoms with Crippen molar-refractivity contribution < 1.29 is 23.9 Å². The lowest BCUT2D eigenvalue weighted by Crippen LogP contribution is -2.63. The highest BCUT2D eigenvalue weighted by molar-refractivity contribution is 5.94. The smallest absolute Gasteiger partial charge is 0.333 e. The summed E-state index contributed by atoms with van der Waals surface area (Å²) in [6.07, 6.45) is 4.06. The van der Waals surface area contributed by atoms with Crippen LogP contribution in [0.4, 0.5) is 0 Å². The molecule has 126 valence electrons. The number of ketones is 1. The minimum absolute atomic E-state index is 0.213. The van der Waals surface area contributed by atoms with E-state index in [1.54, 1.807) is 6.92 Å². The SMILES string of the molecule is C=C(C)C(=O)OC1C2CC3CC(C2)CC1(OC(=O)CC(C)=O)C3. The monoisotopic (exact) mass is 320 g/mol. The van der Waals surface area contributed by atoms with Gasteiger partial charge in [-0.25, -0.2) is 4.79 Å². The van der Waals surface area contributed by atoms with Crippen molar-refractivity contribution in [3.63, 3.8) is 0 Å². The Morgan fingerprint density at radius 2 is 1.70 bits per heavy atom. The van der Waals surface area contributed by atoms with Crippen molar-refractivity contribution >= 4 is 17.7 Å². The minimum atomic E-state index is -0.744. The first-order valence-corrected chi connectivity index (χ1v) is 8.37. The maximum atomic E-state index is 12.1. The number of hydrogen-bond donors (Lipinski definition) is 0. The molecule has 3 atom stereocenters. The Morgan fingerprint density at radius 1 is 1.09 bits per heavy atom. The van der Waals surface area contributed by atoms with Crippen LogP contribution in [0.25, 0.3) is 0 Å². The second-order valence-corrected chi connectivity index (χ2v) is 7.63. The van der Waals surface area contributed by atoms with Crippen LogP contribution in [0.2, 0.25) is 0 Å². The van der Waals surface area contributed by atoms with Gasteiger partial charge in [-0.05, 0) is 57.8 Å². The van der Waals surface area contributed by atoms with Crippen LogP contribution >= 0.6 is 0 Å². The summed E-state index contributed by atoms with van der Waals surface area (Å²) >= 11 is 0. The number of rotatable bonds is 5. The Bertz CT molecular complexity index is 550. The summed E-state index contributed by atoms with van der Waals surface area (Å²) in [5.41, 5.74) is -0.393. The van der Waals surface area contributed by atoms with Gasteiger partial charge in [-0.2, -0.15) is 0 Å². The van der Waals surface area contributed by atoms with E-state index in [0.717, 1.165) is 25.7 Å². The standard InChI is InChI=1S/C18H24O5/c1-10(2)17(21)22-16-14-6-12-5-13(7-14)9-18(16,8-12)23-15(20)4-11(3)19/h12-14,16H,1,4-9H2,2-3H3. The molecule has 0 aliphatic heterocycles. The van der Waals surface area contributed by atoms with Gasteiger partial charge < -0.3 is 9.47 Å². The van der Waals surface area contributed by atoms with E-state index in [1.807, 2.05) is 0 Å². The third-order valence-corrected chi connectivity index (χ3v) is 5.45. The summed E-state index contributed by atoms with van der Waals surface area (Å²) in [5, 5.41) is 0. The maximum Gasteiger partial charge on any atom is 0.333 e. The van der Waals surface area contributed by atoms with Crippen LogP contribution in [-0.4, -0.2) is 29.4 Å². The molecule has 0 aromatic rings. The fourth-order valence-corrected chi connectivity index (χ4v) is 4.95. The average Bonchev–Trinajstić information content (AvgIpc) is 2.40. The number of Topliss-reactive ketones (excluding diaryl/α,β-unsaturated/α-hetero) is 1. The highest BCUT2D eigenvalue weighted by Crippen LogP contribution is 2.58. The molecule has 5 nitrogen and oxygen atoms in total. The first-order chi connectivity index (χ1) is 10.8. The van der Waals surface area contributed by atoms with E-state index < -0.39 is 23.6 Å². The molecular weight excluding hydrogens is 296 g/mol. The van der Waals surface area contributed by atoms with Crippen molar-refractivity contribution in [3.05, 3.63) is 12.2 Å². The van der Waals surface area contributed by atoms with E-state index in [0.29, 0.717) is 17.4 Å². The van der Waals surface area contributed by atoms with Crippen LogP contribution in [0.5, 0.6) is 0 Å². The molecule has 0 amide bonds. The van der Waals surface area contributed by atoms with E-state index in [2.05, 4.69) is 6.58 Å². The zero-order valence-corrected chi connectivity index (χ0v) is 13.8. The molecular formula is C18H24O5. The van der Waals surface area contributed by atoms with Crippen molar-refractivity contribution in [2.45, 2.75) is 64.1 Å². The Morgan fingerprint density at radius 3 is 2.22 bits per heavy atom. The number of carbonyl (C=O) groups excluding carboxylic acids is 3. The van der Waals surface area contributed by atoms with Crippen LogP contribution in [-0.2, 0) is 23.9 Å². The molecule has 4 bridgehead atoms. The molecule has 4 aliphatic rings. The van der Waals surface area contributed by atoms with Gasteiger partial charge in [0, 0.05) is 11.5 Å². The Kier molecular flexibility index (Phi) is 4.07. The Balaban J connectivity index is 1.83. The molecule has 4 saturated carbocycles. The van der Waals surface area contributed by atoms with Crippen LogP contribution in [0.3, 0.4) is 0 Å². The molecule has 5 heteroatoms. The lowest BCUT2D eigenvalue weighted by molar-refractivity contribution is -0.236. The third kappa shape index (κ3) is 3.06. The van der Waals surface area contributed by atoms with Gasteiger partial charge in [-0.15, -0.1) is 0 Å². The summed E-state index contributed by atoms with van der Waals surface area (Å²) in [6.45, 7) is 6.63. The summed E-state index contributed by atoms with van der Waals surface area (Å²) in [4.78, 5) is 35.3. The summed E-state index contributed by atoms with van der Waals surface area (Å²) in [5.74, 6) is 0.153. The molecule has 0 aromatic carbocycles. The van der Waals surface area contributed by atoms with E-state index in [4.69, 9.17) is 9.47 Å². The lowest BCUT2D eigenvalue weighted by atomic mass is 9.52. The molecule has 0 radical (unpaired) electrons. The first-order valence-electron chi connectivity index (χ1n) is 8.37. The van der Waals surface area contributed by atoms with E-state index in [9.17, 15) is 14.4 Å². The number of esters is 2. The number of ether oxygens (including phenoxy) is 2. The van der Waals surface area contributed by atoms with Gasteiger partial charge in [-0.1, -0.05) is 6.58 Å². The van der Waals surface area contributed by atoms with Crippen molar-refractivity contribution in [2.24, 2.45) is 17.8 Å². The summed E-state index contributed by atoms with van der Waals surface area (Å²) < 4.78 is 11.5. The van der Waals surface area contributed by atoms with Gasteiger partial charge in [-0.3, -0.25) is 9.59 Å². The molecule has 4 rings (SSSR count). The molecule has 23 heavy (non-hydrogen) atoms. The molecule has 0 heterocycles. The van der Waals surface area contributed by atoms with Crippen molar-refractivity contribution in [3.8, 4) is 0 Å². The predicted octanol–water partition coefficient (Wildman–Crippen LogP) is 2.58. The molecule has 0 aromatic heterocycles. The normalized spacial score (nSPS) is 37.3. The Hall–Kier alpha value is -1.65. The second kappa shape index (κ2) is 5.77.